The van der Waals surface area contributed by atoms with Gasteiger partial charge in [0.1, 0.15) is 16.5 Å². The number of amidine groups is 1. The Labute approximate surface area is 170 Å². The molecule has 2 aromatic carbocycles. The molecule has 1 heterocycles. The summed E-state index contributed by atoms with van der Waals surface area (Å²) in [4.78, 5) is 11.7. The van der Waals surface area contributed by atoms with Gasteiger partial charge in [-0.3, -0.25) is 4.79 Å². The zero-order valence-electron chi connectivity index (χ0n) is 16.1. The summed E-state index contributed by atoms with van der Waals surface area (Å²) in [6.07, 6.45) is 0. The van der Waals surface area contributed by atoms with Gasteiger partial charge in [-0.05, 0) is 48.7 Å². The Hall–Kier alpha value is -2.72. The first-order valence-electron chi connectivity index (χ1n) is 8.83. The van der Waals surface area contributed by atoms with Gasteiger partial charge in [0.2, 0.25) is 5.91 Å². The third kappa shape index (κ3) is 4.65. The van der Waals surface area contributed by atoms with Crippen LogP contribution in [0, 0.1) is 0 Å². The van der Waals surface area contributed by atoms with Crippen LogP contribution in [-0.4, -0.2) is 34.3 Å². The van der Waals surface area contributed by atoms with Crippen LogP contribution in [0.4, 0.5) is 11.4 Å². The largest absolute Gasteiger partial charge is 0.342 e. The minimum absolute atomic E-state index is 0.191. The van der Waals surface area contributed by atoms with E-state index in [1.54, 1.807) is 12.1 Å². The predicted molar refractivity (Wildman–Crippen MR) is 112 cm³/mol. The number of carbonyl (C=O) groups is 1. The molecular weight excluding hydrogens is 414 g/mol. The van der Waals surface area contributed by atoms with Crippen LogP contribution < -0.4 is 10.6 Å². The van der Waals surface area contributed by atoms with Gasteiger partial charge in [0, 0.05) is 5.69 Å². The summed E-state index contributed by atoms with van der Waals surface area (Å²) in [5.41, 5.74) is 1.82. The zero-order valence-corrected chi connectivity index (χ0v) is 17.8. The third-order valence-electron chi connectivity index (χ3n) is 4.35. The molecule has 0 saturated carbocycles. The average Bonchev–Trinajstić information content (AvgIpc) is 2.60. The highest BCUT2D eigenvalue weighted by molar-refractivity contribution is 7.92. The van der Waals surface area contributed by atoms with Crippen molar-refractivity contribution in [3.8, 4) is 0 Å². The van der Waals surface area contributed by atoms with Gasteiger partial charge in [-0.1, -0.05) is 26.0 Å². The number of fused-ring (bicyclic) bond motifs is 1. The maximum atomic E-state index is 12.6. The van der Waals surface area contributed by atoms with E-state index >= 15 is 0 Å². The minimum atomic E-state index is -4.05. The standard InChI is InChI=1S/C19H21N3O5S2/c1-12(2)14-4-6-15(7-5-14)21-19(23)11-28(24,25)16-8-9-17-18(10-16)29(26,27)22-13(3)20-17/h4-10,12H,11H2,1-3H3,(H,20,22)(H,21,23). The fourth-order valence-corrected chi connectivity index (χ4v) is 5.27. The molecule has 10 heteroatoms. The number of amides is 1. The summed E-state index contributed by atoms with van der Waals surface area (Å²) in [5.74, 6) is -0.998. The van der Waals surface area contributed by atoms with E-state index in [0.717, 1.165) is 11.6 Å². The first kappa shape index (κ1) is 21.0. The zero-order chi connectivity index (χ0) is 21.4. The Balaban J connectivity index is 1.79. The molecule has 0 bridgehead atoms. The Morgan fingerprint density at radius 1 is 1.14 bits per heavy atom. The van der Waals surface area contributed by atoms with E-state index in [4.69, 9.17) is 0 Å². The number of nitrogens with one attached hydrogen (secondary N) is 2. The molecule has 3 rings (SSSR count). The molecule has 1 amide bonds. The topological polar surface area (TPSA) is 122 Å². The Bertz CT molecular complexity index is 1200. The van der Waals surface area contributed by atoms with Crippen molar-refractivity contribution in [3.05, 3.63) is 48.0 Å². The smallest absolute Gasteiger partial charge is 0.286 e. The van der Waals surface area contributed by atoms with E-state index in [0.29, 0.717) is 11.6 Å². The maximum Gasteiger partial charge on any atom is 0.286 e. The summed E-state index contributed by atoms with van der Waals surface area (Å²) >= 11 is 0. The van der Waals surface area contributed by atoms with Crippen molar-refractivity contribution in [1.82, 2.24) is 0 Å². The molecule has 1 aliphatic heterocycles. The average molecular weight is 436 g/mol. The van der Waals surface area contributed by atoms with E-state index < -0.39 is 31.5 Å². The first-order valence-corrected chi connectivity index (χ1v) is 11.9. The molecule has 0 aliphatic carbocycles. The number of benzene rings is 2. The van der Waals surface area contributed by atoms with Gasteiger partial charge >= 0.3 is 0 Å². The molecule has 0 unspecified atom stereocenters. The van der Waals surface area contributed by atoms with E-state index in [1.165, 1.54) is 19.1 Å². The van der Waals surface area contributed by atoms with Gasteiger partial charge < -0.3 is 10.6 Å². The first-order chi connectivity index (χ1) is 13.5. The van der Waals surface area contributed by atoms with Gasteiger partial charge in [0.25, 0.3) is 10.0 Å². The molecular formula is C19H21N3O5S2. The van der Waals surface area contributed by atoms with Crippen molar-refractivity contribution in [2.75, 3.05) is 16.4 Å². The van der Waals surface area contributed by atoms with Crippen molar-refractivity contribution < 1.29 is 21.6 Å². The van der Waals surface area contributed by atoms with Gasteiger partial charge in [0.05, 0.1) is 10.6 Å². The summed E-state index contributed by atoms with van der Waals surface area (Å²) in [6, 6.07) is 10.8. The fourth-order valence-electron chi connectivity index (χ4n) is 2.86. The van der Waals surface area contributed by atoms with Crippen molar-refractivity contribution in [2.24, 2.45) is 4.40 Å². The molecule has 0 radical (unpaired) electrons. The molecule has 0 aromatic heterocycles. The fraction of sp³-hybridized carbons (Fsp3) is 0.263. The maximum absolute atomic E-state index is 12.6. The lowest BCUT2D eigenvalue weighted by molar-refractivity contribution is -0.113. The lowest BCUT2D eigenvalue weighted by atomic mass is 10.0. The normalized spacial score (nSPS) is 15.2. The SMILES string of the molecule is CC1=NS(=O)(=O)c2cc(S(=O)(=O)CC(=O)Nc3ccc(C(C)C)cc3)ccc2N1. The van der Waals surface area contributed by atoms with Crippen molar-refractivity contribution in [2.45, 2.75) is 36.5 Å². The van der Waals surface area contributed by atoms with Crippen LogP contribution in [0.25, 0.3) is 0 Å². The van der Waals surface area contributed by atoms with Crippen molar-refractivity contribution in [1.29, 1.82) is 0 Å². The minimum Gasteiger partial charge on any atom is -0.342 e. The van der Waals surface area contributed by atoms with Crippen LogP contribution >= 0.6 is 0 Å². The highest BCUT2D eigenvalue weighted by Crippen LogP contribution is 2.30. The molecule has 2 N–H and O–H groups in total. The molecule has 0 spiro atoms. The van der Waals surface area contributed by atoms with Crippen LogP contribution in [0.1, 0.15) is 32.3 Å². The number of carbonyl (C=O) groups excluding carboxylic acids is 1. The summed E-state index contributed by atoms with van der Waals surface area (Å²) < 4.78 is 53.2. The molecule has 0 fully saturated rings. The van der Waals surface area contributed by atoms with Crippen LogP contribution in [0.15, 0.2) is 56.7 Å². The Morgan fingerprint density at radius 2 is 1.79 bits per heavy atom. The molecule has 2 aromatic rings. The Kier molecular flexibility index (Phi) is 5.50. The second-order valence-corrected chi connectivity index (χ2v) is 10.6. The van der Waals surface area contributed by atoms with Gasteiger partial charge in [0.15, 0.2) is 9.84 Å². The van der Waals surface area contributed by atoms with Crippen LogP contribution in [0.3, 0.4) is 0 Å². The summed E-state index contributed by atoms with van der Waals surface area (Å²) in [5, 5.41) is 5.32. The monoisotopic (exact) mass is 435 g/mol. The number of hydrogen-bond donors (Lipinski definition) is 2. The molecule has 8 nitrogen and oxygen atoms in total. The van der Waals surface area contributed by atoms with Gasteiger partial charge in [-0.2, -0.15) is 8.42 Å². The van der Waals surface area contributed by atoms with Crippen molar-refractivity contribution in [3.63, 3.8) is 0 Å². The lowest BCUT2D eigenvalue weighted by Crippen LogP contribution is -2.24. The number of nitrogens with zero attached hydrogens (tertiary/aromatic N) is 1. The van der Waals surface area contributed by atoms with E-state index in [9.17, 15) is 21.6 Å². The second kappa shape index (κ2) is 7.60. The van der Waals surface area contributed by atoms with E-state index in [1.807, 2.05) is 26.0 Å². The molecule has 0 atom stereocenters. The summed E-state index contributed by atoms with van der Waals surface area (Å²) in [6.45, 7) is 5.57. The highest BCUT2D eigenvalue weighted by Gasteiger charge is 2.27. The van der Waals surface area contributed by atoms with Crippen LogP contribution in [-0.2, 0) is 24.7 Å². The molecule has 29 heavy (non-hydrogen) atoms. The van der Waals surface area contributed by atoms with Gasteiger partial charge in [-0.15, -0.1) is 4.40 Å². The number of anilines is 2. The molecule has 154 valence electrons. The highest BCUT2D eigenvalue weighted by atomic mass is 32.2. The van der Waals surface area contributed by atoms with Crippen LogP contribution in [0.5, 0.6) is 0 Å². The Morgan fingerprint density at radius 3 is 2.41 bits per heavy atom. The third-order valence-corrected chi connectivity index (χ3v) is 7.37. The molecule has 0 saturated heterocycles. The number of hydrogen-bond acceptors (Lipinski definition) is 6. The number of sulfonamides is 1. The number of sulfone groups is 1. The lowest BCUT2D eigenvalue weighted by Gasteiger charge is -2.16. The van der Waals surface area contributed by atoms with E-state index in [2.05, 4.69) is 15.0 Å². The van der Waals surface area contributed by atoms with Crippen molar-refractivity contribution >= 4 is 43.0 Å². The van der Waals surface area contributed by atoms with Crippen LogP contribution in [0.2, 0.25) is 0 Å². The van der Waals surface area contributed by atoms with Gasteiger partial charge in [-0.25, -0.2) is 8.42 Å². The second-order valence-electron chi connectivity index (χ2n) is 7.02. The number of rotatable bonds is 5. The summed E-state index contributed by atoms with van der Waals surface area (Å²) in [7, 11) is -8.05. The predicted octanol–water partition coefficient (Wildman–Crippen LogP) is 2.76. The quantitative estimate of drug-likeness (QED) is 0.745. The van der Waals surface area contributed by atoms with E-state index in [-0.39, 0.29) is 21.3 Å². The molecule has 1 aliphatic rings.